The zero-order valence-electron chi connectivity index (χ0n) is 31.6. The monoisotopic (exact) mass is 864 g/mol. The summed E-state index contributed by atoms with van der Waals surface area (Å²) in [6, 6.07) is 16.9. The molecule has 0 aliphatic heterocycles. The zero-order valence-corrected chi connectivity index (χ0v) is 34.9. The molecule has 4 aromatic rings. The van der Waals surface area contributed by atoms with Crippen LogP contribution in [0.4, 0.5) is 11.4 Å². The Labute approximate surface area is 391 Å². The van der Waals surface area contributed by atoms with E-state index in [0.29, 0.717) is 0 Å². The second-order valence-electron chi connectivity index (χ2n) is 11.6. The van der Waals surface area contributed by atoms with Crippen molar-refractivity contribution in [3.63, 3.8) is 0 Å². The van der Waals surface area contributed by atoms with Crippen LogP contribution in [0.25, 0.3) is 22.0 Å². The Bertz CT molecular complexity index is 2820. The van der Waals surface area contributed by atoms with E-state index < -0.39 is 83.1 Å². The van der Waals surface area contributed by atoms with Crippen molar-refractivity contribution in [2.75, 3.05) is 10.9 Å². The molecule has 0 atom stereocenters. The summed E-state index contributed by atoms with van der Waals surface area (Å²) in [4.78, 5) is 22.7. The van der Waals surface area contributed by atoms with Crippen LogP contribution >= 0.6 is 0 Å². The predicted octanol–water partition coefficient (Wildman–Crippen LogP) is -9.22. The maximum atomic E-state index is 12.9. The van der Waals surface area contributed by atoms with Crippen LogP contribution in [0.3, 0.4) is 0 Å². The van der Waals surface area contributed by atoms with E-state index in [0.717, 1.165) is 48.6 Å². The molecule has 6 rings (SSSR count). The molecule has 0 spiro atoms. The summed E-state index contributed by atoms with van der Waals surface area (Å²) in [5, 5.41) is 7.61. The van der Waals surface area contributed by atoms with Gasteiger partial charge in [-0.2, -0.15) is 10.2 Å². The van der Waals surface area contributed by atoms with Crippen LogP contribution in [0.5, 0.6) is 0 Å². The van der Waals surface area contributed by atoms with Gasteiger partial charge < -0.3 is 18.2 Å². The number of benzene rings is 4. The maximum Gasteiger partial charge on any atom is 1.00 e. The van der Waals surface area contributed by atoms with E-state index in [2.05, 4.69) is 21.1 Å². The third kappa shape index (κ3) is 11.7. The molecule has 0 saturated carbocycles. The average molecular weight is 865 g/mol. The Balaban J connectivity index is 0.00000310. The fourth-order valence-corrected chi connectivity index (χ4v) is 8.33. The quantitative estimate of drug-likeness (QED) is 0.0647. The average Bonchev–Trinajstić information content (AvgIpc) is 3.12. The normalized spacial score (nSPS) is 15.3. The predicted molar refractivity (Wildman–Crippen MR) is 197 cm³/mol. The van der Waals surface area contributed by atoms with Crippen molar-refractivity contribution in [2.45, 2.75) is 9.79 Å². The number of hydrogen-bond acceptors (Lipinski definition) is 18. The summed E-state index contributed by atoms with van der Waals surface area (Å²) in [6.45, 7) is 0. The minimum Gasteiger partial charge on any atom is -0.744 e. The van der Waals surface area contributed by atoms with Crippen molar-refractivity contribution >= 4 is 96.8 Å². The van der Waals surface area contributed by atoms with E-state index in [9.17, 15) is 61.5 Å². The standard InChI is InChI=1S/C34H24N4O14S4.4Li/c39-33-25-7-3-1-5-23(25)31(55(47,48)49)17-27(33)37-35-21-13-11-19(29(15-21)53(41,42)43)9-10-20-12-14-22(16-30(20)54(44,45)46)36-38-28-18-32(56(50,51)52)24-6-2-4-8-26(24)34(28)40;;;;/h1-18,35-36H,(H,41,42,43)(H,44,45,46)(H,47,48,49)(H,50,51,52);;;;/q;4*+1/p-4/b10-9+,37-27-,38-28-;;;;. The van der Waals surface area contributed by atoms with Crippen LogP contribution in [0.1, 0.15) is 43.0 Å². The van der Waals surface area contributed by atoms with E-state index >= 15 is 0 Å². The van der Waals surface area contributed by atoms with Crippen LogP contribution in [0.2, 0.25) is 0 Å². The number of ketones is 2. The van der Waals surface area contributed by atoms with Gasteiger partial charge in [-0.1, -0.05) is 72.8 Å². The fourth-order valence-electron chi connectivity index (χ4n) is 5.53. The molecule has 0 bridgehead atoms. The number of nitrogens with one attached hydrogen (secondary N) is 2. The first kappa shape index (κ1) is 52.5. The number of allylic oxidation sites excluding steroid dienone is 2. The SMILES string of the molecule is O=C1/C(=N\Nc2ccc(/C=C/c3ccc(N/N=C4/C=C(S(=O)(=O)[O-])c5ccccc5C4=O)cc3S(=O)(=O)[O-])c(S(=O)(=O)[O-])c2)C=C(S(=O)(=O)[O-])c2ccccc21.[Li+].[Li+].[Li+].[Li+]. The number of rotatable bonds is 10. The maximum absolute atomic E-state index is 12.9. The van der Waals surface area contributed by atoms with Crippen molar-refractivity contribution in [2.24, 2.45) is 10.2 Å². The van der Waals surface area contributed by atoms with Crippen LogP contribution in [-0.4, -0.2) is 74.9 Å². The van der Waals surface area contributed by atoms with Crippen molar-refractivity contribution in [3.05, 3.63) is 130 Å². The van der Waals surface area contributed by atoms with E-state index in [4.69, 9.17) is 0 Å². The Morgan fingerprint density at radius 3 is 1.07 bits per heavy atom. The molecule has 0 aromatic heterocycles. The third-order valence-corrected chi connectivity index (χ3v) is 11.6. The van der Waals surface area contributed by atoms with E-state index in [1.165, 1.54) is 60.7 Å². The Morgan fingerprint density at radius 2 is 0.767 bits per heavy atom. The number of hydrogen-bond donors (Lipinski definition) is 2. The second kappa shape index (κ2) is 20.1. The molecule has 0 unspecified atom stereocenters. The number of anilines is 2. The first-order valence-electron chi connectivity index (χ1n) is 15.3. The van der Waals surface area contributed by atoms with Gasteiger partial charge in [0, 0.05) is 22.3 Å². The second-order valence-corrected chi connectivity index (χ2v) is 17.0. The molecular formula is C34H20Li4N4O14S4. The molecule has 0 amide bonds. The molecule has 0 fully saturated rings. The van der Waals surface area contributed by atoms with Crippen LogP contribution in [0, 0.1) is 0 Å². The van der Waals surface area contributed by atoms with Crippen molar-refractivity contribution < 1.29 is 137 Å². The molecule has 26 heteroatoms. The van der Waals surface area contributed by atoms with Crippen LogP contribution in [-0.2, 0) is 40.5 Å². The summed E-state index contributed by atoms with van der Waals surface area (Å²) in [5.74, 6) is -1.55. The van der Waals surface area contributed by atoms with E-state index in [1.807, 2.05) is 0 Å². The van der Waals surface area contributed by atoms with Crippen LogP contribution in [0.15, 0.2) is 117 Å². The Hall–Kier alpha value is -3.59. The van der Waals surface area contributed by atoms with Crippen molar-refractivity contribution in [3.8, 4) is 0 Å². The zero-order chi connectivity index (χ0) is 40.8. The number of fused-ring (bicyclic) bond motifs is 2. The summed E-state index contributed by atoms with van der Waals surface area (Å²) in [6.07, 6.45) is 3.48. The third-order valence-electron chi connectivity index (χ3n) is 8.03. The van der Waals surface area contributed by atoms with Gasteiger partial charge in [0.05, 0.1) is 31.0 Å². The number of hydrazone groups is 2. The molecule has 0 heterocycles. The Morgan fingerprint density at radius 1 is 0.450 bits per heavy atom. The fraction of sp³-hybridized carbons (Fsp3) is 0. The molecule has 2 aliphatic rings. The number of carbonyl (C=O) groups is 2. The van der Waals surface area contributed by atoms with Gasteiger partial charge in [0.1, 0.15) is 51.9 Å². The molecule has 18 nitrogen and oxygen atoms in total. The Kier molecular flexibility index (Phi) is 17.6. The number of Topliss-reactive ketones (excluding diaryl/α,β-unsaturated/α-hetero) is 2. The van der Waals surface area contributed by atoms with Crippen LogP contribution < -0.4 is 86.3 Å². The summed E-state index contributed by atoms with van der Waals surface area (Å²) < 4.78 is 145. The van der Waals surface area contributed by atoms with Gasteiger partial charge in [-0.3, -0.25) is 20.4 Å². The largest absolute Gasteiger partial charge is 1.00 e. The van der Waals surface area contributed by atoms with E-state index in [-0.39, 0.29) is 120 Å². The van der Waals surface area contributed by atoms with Gasteiger partial charge >= 0.3 is 75.4 Å². The molecule has 288 valence electrons. The first-order chi connectivity index (χ1) is 26.1. The van der Waals surface area contributed by atoms with Gasteiger partial charge in [-0.25, -0.2) is 33.7 Å². The smallest absolute Gasteiger partial charge is 0.744 e. The van der Waals surface area contributed by atoms with Gasteiger partial charge in [0.15, 0.2) is 0 Å². The van der Waals surface area contributed by atoms with Gasteiger partial charge in [-0.05, 0) is 47.5 Å². The summed E-state index contributed by atoms with van der Waals surface area (Å²) >= 11 is 0. The van der Waals surface area contributed by atoms with Crippen molar-refractivity contribution in [1.29, 1.82) is 0 Å². The van der Waals surface area contributed by atoms with Crippen molar-refractivity contribution in [1.82, 2.24) is 0 Å². The van der Waals surface area contributed by atoms with Gasteiger partial charge in [-0.15, -0.1) is 0 Å². The van der Waals surface area contributed by atoms with Gasteiger partial charge in [0.2, 0.25) is 11.6 Å². The summed E-state index contributed by atoms with van der Waals surface area (Å²) in [7, 11) is -20.7. The van der Waals surface area contributed by atoms with Gasteiger partial charge in [0.25, 0.3) is 0 Å². The number of nitrogens with zero attached hydrogens (tertiary/aromatic N) is 2. The topological polar surface area (TPSA) is 312 Å². The minimum atomic E-state index is -5.27. The molecular weight excluding hydrogens is 844 g/mol. The molecule has 0 radical (unpaired) electrons. The molecule has 60 heavy (non-hydrogen) atoms. The number of carbonyl (C=O) groups excluding carboxylic acids is 2. The molecule has 2 aliphatic carbocycles. The minimum absolute atomic E-state index is 0. The molecule has 2 N–H and O–H groups in total. The molecule has 4 aromatic carbocycles. The summed E-state index contributed by atoms with van der Waals surface area (Å²) in [5.41, 5.74) is 2.10. The molecule has 0 saturated heterocycles. The first-order valence-corrected chi connectivity index (χ1v) is 20.9. The van der Waals surface area contributed by atoms with E-state index in [1.54, 1.807) is 0 Å².